The fourth-order valence-corrected chi connectivity index (χ4v) is 4.39. The molecule has 0 atom stereocenters. The van der Waals surface area contributed by atoms with Crippen LogP contribution in [0.25, 0.3) is 22.6 Å². The number of aromatic nitrogens is 2. The van der Waals surface area contributed by atoms with Gasteiger partial charge in [0.2, 0.25) is 0 Å². The van der Waals surface area contributed by atoms with Crippen molar-refractivity contribution in [3.05, 3.63) is 95.7 Å². The third kappa shape index (κ3) is 6.11. The molecule has 34 heavy (non-hydrogen) atoms. The first kappa shape index (κ1) is 23.7. The Balaban J connectivity index is 1.47. The van der Waals surface area contributed by atoms with E-state index in [0.717, 1.165) is 45.2 Å². The van der Waals surface area contributed by atoms with E-state index in [1.54, 1.807) is 7.11 Å². The zero-order valence-corrected chi connectivity index (χ0v) is 20.0. The summed E-state index contributed by atoms with van der Waals surface area (Å²) in [6, 6.07) is 25.3. The molecule has 4 aromatic rings. The molecule has 0 spiro atoms. The molecule has 0 aliphatic rings. The van der Waals surface area contributed by atoms with Crippen LogP contribution in [0.2, 0.25) is 0 Å². The highest BCUT2D eigenvalue weighted by Crippen LogP contribution is 2.28. The molecule has 0 aliphatic heterocycles. The SMILES string of the molecule is COc1ccc(-c2[nH]c(-c3ccccc3)nc2CCNS(=O)(=O)NCc2ccc(C)cc2)cc1. The number of rotatable bonds is 10. The number of aryl methyl sites for hydroxylation is 1. The van der Waals surface area contributed by atoms with Crippen molar-refractivity contribution in [3.63, 3.8) is 0 Å². The number of ether oxygens (including phenoxy) is 1. The van der Waals surface area contributed by atoms with Crippen molar-refractivity contribution in [3.8, 4) is 28.4 Å². The highest BCUT2D eigenvalue weighted by Gasteiger charge is 2.15. The van der Waals surface area contributed by atoms with Gasteiger partial charge in [-0.3, -0.25) is 0 Å². The lowest BCUT2D eigenvalue weighted by Gasteiger charge is -2.09. The molecule has 3 aromatic carbocycles. The standard InChI is InChI=1S/C26H28N4O3S/c1-19-8-10-20(11-9-19)18-28-34(31,32)27-17-16-24-25(21-12-14-23(33-2)15-13-21)30-26(29-24)22-6-4-3-5-7-22/h3-15,27-28H,16-18H2,1-2H3,(H,29,30). The Kier molecular flexibility index (Phi) is 7.42. The van der Waals surface area contributed by atoms with Crippen molar-refractivity contribution in [2.24, 2.45) is 0 Å². The molecule has 1 heterocycles. The predicted octanol–water partition coefficient (Wildman–Crippen LogP) is 4.23. The number of benzene rings is 3. The summed E-state index contributed by atoms with van der Waals surface area (Å²) in [6.45, 7) is 2.44. The molecule has 0 unspecified atom stereocenters. The first-order valence-electron chi connectivity index (χ1n) is 11.0. The van der Waals surface area contributed by atoms with Crippen LogP contribution in [0.4, 0.5) is 0 Å². The Morgan fingerprint density at radius 3 is 2.26 bits per heavy atom. The van der Waals surface area contributed by atoms with Gasteiger partial charge in [-0.1, -0.05) is 60.2 Å². The molecule has 0 bridgehead atoms. The number of methoxy groups -OCH3 is 1. The van der Waals surface area contributed by atoms with E-state index in [9.17, 15) is 8.42 Å². The number of hydrogen-bond acceptors (Lipinski definition) is 4. The van der Waals surface area contributed by atoms with E-state index < -0.39 is 10.2 Å². The van der Waals surface area contributed by atoms with Crippen molar-refractivity contribution in [1.82, 2.24) is 19.4 Å². The molecule has 176 valence electrons. The molecule has 8 heteroatoms. The van der Waals surface area contributed by atoms with Gasteiger partial charge in [-0.2, -0.15) is 13.1 Å². The maximum atomic E-state index is 12.4. The first-order chi connectivity index (χ1) is 16.4. The van der Waals surface area contributed by atoms with E-state index in [0.29, 0.717) is 6.42 Å². The van der Waals surface area contributed by atoms with Crippen LogP contribution in [0.1, 0.15) is 16.8 Å². The minimum Gasteiger partial charge on any atom is -0.497 e. The Labute approximate surface area is 200 Å². The summed E-state index contributed by atoms with van der Waals surface area (Å²) in [5, 5.41) is 0. The van der Waals surface area contributed by atoms with E-state index in [2.05, 4.69) is 14.4 Å². The van der Waals surface area contributed by atoms with E-state index in [1.165, 1.54) is 0 Å². The van der Waals surface area contributed by atoms with Gasteiger partial charge in [-0.25, -0.2) is 9.71 Å². The molecule has 0 saturated carbocycles. The van der Waals surface area contributed by atoms with Gasteiger partial charge in [0, 0.05) is 30.6 Å². The zero-order valence-electron chi connectivity index (χ0n) is 19.2. The second-order valence-corrected chi connectivity index (χ2v) is 9.54. The largest absolute Gasteiger partial charge is 0.497 e. The van der Waals surface area contributed by atoms with E-state index in [1.807, 2.05) is 85.8 Å². The smallest absolute Gasteiger partial charge is 0.277 e. The van der Waals surface area contributed by atoms with Gasteiger partial charge in [0.25, 0.3) is 10.2 Å². The maximum Gasteiger partial charge on any atom is 0.277 e. The monoisotopic (exact) mass is 476 g/mol. The summed E-state index contributed by atoms with van der Waals surface area (Å²) in [7, 11) is -2.02. The highest BCUT2D eigenvalue weighted by atomic mass is 32.2. The summed E-state index contributed by atoms with van der Waals surface area (Å²) in [5.41, 5.74) is 5.58. The molecule has 0 amide bonds. The summed E-state index contributed by atoms with van der Waals surface area (Å²) in [4.78, 5) is 8.18. The third-order valence-electron chi connectivity index (χ3n) is 5.45. The molecule has 3 N–H and O–H groups in total. The van der Waals surface area contributed by atoms with Gasteiger partial charge in [-0.05, 0) is 36.8 Å². The quantitative estimate of drug-likeness (QED) is 0.319. The van der Waals surface area contributed by atoms with E-state index in [4.69, 9.17) is 9.72 Å². The number of nitrogens with zero attached hydrogens (tertiary/aromatic N) is 1. The Morgan fingerprint density at radius 2 is 1.59 bits per heavy atom. The number of hydrogen-bond donors (Lipinski definition) is 3. The molecular weight excluding hydrogens is 448 g/mol. The van der Waals surface area contributed by atoms with Crippen LogP contribution < -0.4 is 14.2 Å². The maximum absolute atomic E-state index is 12.4. The summed E-state index contributed by atoms with van der Waals surface area (Å²) >= 11 is 0. The number of aromatic amines is 1. The molecule has 0 fully saturated rings. The van der Waals surface area contributed by atoms with E-state index >= 15 is 0 Å². The van der Waals surface area contributed by atoms with Gasteiger partial charge in [0.05, 0.1) is 18.5 Å². The zero-order chi connectivity index (χ0) is 24.0. The topological polar surface area (TPSA) is 96.1 Å². The summed E-state index contributed by atoms with van der Waals surface area (Å²) in [6.07, 6.45) is 0.427. The fourth-order valence-electron chi connectivity index (χ4n) is 3.56. The van der Waals surface area contributed by atoms with Gasteiger partial charge in [-0.15, -0.1) is 0 Å². The van der Waals surface area contributed by atoms with Crippen molar-refractivity contribution in [2.75, 3.05) is 13.7 Å². The van der Waals surface area contributed by atoms with Crippen LogP contribution >= 0.6 is 0 Å². The minimum absolute atomic E-state index is 0.214. The van der Waals surface area contributed by atoms with Crippen molar-refractivity contribution in [1.29, 1.82) is 0 Å². The Hall–Kier alpha value is -3.46. The lowest BCUT2D eigenvalue weighted by Crippen LogP contribution is -2.37. The van der Waals surface area contributed by atoms with Crippen LogP contribution in [-0.2, 0) is 23.2 Å². The first-order valence-corrected chi connectivity index (χ1v) is 12.5. The van der Waals surface area contributed by atoms with Crippen LogP contribution in [-0.4, -0.2) is 32.0 Å². The lowest BCUT2D eigenvalue weighted by molar-refractivity contribution is 0.415. The predicted molar refractivity (Wildman–Crippen MR) is 135 cm³/mol. The molecule has 0 saturated heterocycles. The second kappa shape index (κ2) is 10.6. The van der Waals surface area contributed by atoms with Crippen molar-refractivity contribution < 1.29 is 13.2 Å². The molecular formula is C26H28N4O3S. The van der Waals surface area contributed by atoms with E-state index in [-0.39, 0.29) is 13.1 Å². The lowest BCUT2D eigenvalue weighted by atomic mass is 10.1. The summed E-state index contributed by atoms with van der Waals surface area (Å²) in [5.74, 6) is 1.50. The molecule has 7 nitrogen and oxygen atoms in total. The van der Waals surface area contributed by atoms with Crippen LogP contribution in [0.3, 0.4) is 0 Å². The van der Waals surface area contributed by atoms with Crippen LogP contribution in [0, 0.1) is 6.92 Å². The Bertz CT molecular complexity index is 1320. The third-order valence-corrected chi connectivity index (χ3v) is 6.55. The molecule has 0 radical (unpaired) electrons. The Morgan fingerprint density at radius 1 is 0.882 bits per heavy atom. The number of H-pyrrole nitrogens is 1. The average molecular weight is 477 g/mol. The van der Waals surface area contributed by atoms with Crippen LogP contribution in [0.5, 0.6) is 5.75 Å². The van der Waals surface area contributed by atoms with Gasteiger partial charge in [0.15, 0.2) is 0 Å². The molecule has 1 aromatic heterocycles. The molecule has 0 aliphatic carbocycles. The van der Waals surface area contributed by atoms with Crippen LogP contribution in [0.15, 0.2) is 78.9 Å². The average Bonchev–Trinajstić information content (AvgIpc) is 3.28. The van der Waals surface area contributed by atoms with Gasteiger partial charge >= 0.3 is 0 Å². The normalized spacial score (nSPS) is 11.5. The minimum atomic E-state index is -3.65. The number of nitrogens with one attached hydrogen (secondary N) is 3. The van der Waals surface area contributed by atoms with Crippen molar-refractivity contribution >= 4 is 10.2 Å². The van der Waals surface area contributed by atoms with Crippen molar-refractivity contribution in [2.45, 2.75) is 19.9 Å². The number of imidazole rings is 1. The van der Waals surface area contributed by atoms with Gasteiger partial charge < -0.3 is 9.72 Å². The van der Waals surface area contributed by atoms with Gasteiger partial charge in [0.1, 0.15) is 11.6 Å². The fraction of sp³-hybridized carbons (Fsp3) is 0.192. The summed E-state index contributed by atoms with van der Waals surface area (Å²) < 4.78 is 35.4. The highest BCUT2D eigenvalue weighted by molar-refractivity contribution is 7.87. The second-order valence-electron chi connectivity index (χ2n) is 7.96. The molecule has 4 rings (SSSR count).